The van der Waals surface area contributed by atoms with E-state index in [1.165, 1.54) is 17.8 Å². The van der Waals surface area contributed by atoms with Crippen molar-refractivity contribution in [1.29, 1.82) is 0 Å². The largest absolute Gasteiger partial charge is 0.302 e. The number of halogens is 1. The van der Waals surface area contributed by atoms with Gasteiger partial charge in [-0.3, -0.25) is 0 Å². The van der Waals surface area contributed by atoms with Crippen molar-refractivity contribution in [3.05, 3.63) is 23.2 Å². The standard InChI is InChI=1S/C7H7ClO2S2/c1-11-6-3-2-5(8)4-7(6)12(9)10/h2-4H,1H3,(H,9,10). The van der Waals surface area contributed by atoms with Gasteiger partial charge in [0.15, 0.2) is 11.1 Å². The quantitative estimate of drug-likeness (QED) is 0.618. The molecule has 66 valence electrons. The number of hydrogen-bond donors (Lipinski definition) is 1. The summed E-state index contributed by atoms with van der Waals surface area (Å²) in [4.78, 5) is 1.15. The Balaban J connectivity index is 3.21. The third-order valence-electron chi connectivity index (χ3n) is 1.31. The van der Waals surface area contributed by atoms with Crippen molar-refractivity contribution in [2.24, 2.45) is 0 Å². The summed E-state index contributed by atoms with van der Waals surface area (Å²) < 4.78 is 19.6. The van der Waals surface area contributed by atoms with Gasteiger partial charge in [-0.1, -0.05) is 11.6 Å². The van der Waals surface area contributed by atoms with Crippen molar-refractivity contribution < 1.29 is 8.76 Å². The van der Waals surface area contributed by atoms with Crippen LogP contribution in [0.4, 0.5) is 0 Å². The zero-order valence-corrected chi connectivity index (χ0v) is 8.67. The number of hydrogen-bond acceptors (Lipinski definition) is 2. The van der Waals surface area contributed by atoms with Crippen LogP contribution in [0.3, 0.4) is 0 Å². The zero-order chi connectivity index (χ0) is 9.14. The second-order valence-electron chi connectivity index (χ2n) is 2.04. The lowest BCUT2D eigenvalue weighted by molar-refractivity contribution is 0.562. The summed E-state index contributed by atoms with van der Waals surface area (Å²) >= 11 is 5.13. The first-order valence-corrected chi connectivity index (χ1v) is 5.80. The van der Waals surface area contributed by atoms with E-state index in [9.17, 15) is 4.21 Å². The maximum Gasteiger partial charge on any atom is 0.187 e. The lowest BCUT2D eigenvalue weighted by Crippen LogP contribution is -1.90. The first-order chi connectivity index (χ1) is 5.65. The Morgan fingerprint density at radius 3 is 2.75 bits per heavy atom. The summed E-state index contributed by atoms with van der Waals surface area (Å²) in [6.45, 7) is 0. The number of rotatable bonds is 2. The third-order valence-corrected chi connectivity index (χ3v) is 3.19. The molecule has 1 aromatic carbocycles. The molecule has 0 radical (unpaired) electrons. The highest BCUT2D eigenvalue weighted by Gasteiger charge is 2.06. The molecule has 0 fully saturated rings. The van der Waals surface area contributed by atoms with Crippen molar-refractivity contribution in [2.45, 2.75) is 9.79 Å². The molecule has 0 aromatic heterocycles. The fourth-order valence-corrected chi connectivity index (χ4v) is 2.42. The average Bonchev–Trinajstić information content (AvgIpc) is 2.04. The highest BCUT2D eigenvalue weighted by Crippen LogP contribution is 2.25. The first kappa shape index (κ1) is 10.1. The second-order valence-corrected chi connectivity index (χ2v) is 4.27. The molecule has 2 nitrogen and oxygen atoms in total. The van der Waals surface area contributed by atoms with Gasteiger partial charge in [-0.05, 0) is 24.5 Å². The van der Waals surface area contributed by atoms with Crippen LogP contribution in [0.25, 0.3) is 0 Å². The Kier molecular flexibility index (Phi) is 3.58. The van der Waals surface area contributed by atoms with E-state index in [-0.39, 0.29) is 0 Å². The van der Waals surface area contributed by atoms with Crippen LogP contribution in [0, 0.1) is 0 Å². The van der Waals surface area contributed by atoms with Gasteiger partial charge in [-0.2, -0.15) is 0 Å². The van der Waals surface area contributed by atoms with Gasteiger partial charge < -0.3 is 4.55 Å². The smallest absolute Gasteiger partial charge is 0.187 e. The van der Waals surface area contributed by atoms with Crippen LogP contribution in [0.5, 0.6) is 0 Å². The molecule has 1 atom stereocenters. The third kappa shape index (κ3) is 2.23. The normalized spacial score (nSPS) is 12.9. The van der Waals surface area contributed by atoms with E-state index < -0.39 is 11.1 Å². The lowest BCUT2D eigenvalue weighted by Gasteiger charge is -2.02. The van der Waals surface area contributed by atoms with E-state index in [0.29, 0.717) is 9.92 Å². The fraction of sp³-hybridized carbons (Fsp3) is 0.143. The summed E-state index contributed by atoms with van der Waals surface area (Å²) in [5, 5.41) is 0.477. The van der Waals surface area contributed by atoms with Crippen LogP contribution in [0.2, 0.25) is 5.02 Å². The van der Waals surface area contributed by atoms with Crippen LogP contribution in [-0.4, -0.2) is 15.0 Å². The zero-order valence-electron chi connectivity index (χ0n) is 6.28. The highest BCUT2D eigenvalue weighted by molar-refractivity contribution is 7.99. The molecular formula is C7H7ClO2S2. The summed E-state index contributed by atoms with van der Waals surface area (Å²) in [6, 6.07) is 4.93. The topological polar surface area (TPSA) is 37.3 Å². The Bertz CT molecular complexity index is 314. The molecule has 12 heavy (non-hydrogen) atoms. The Hall–Kier alpha value is -0.0300. The summed E-state index contributed by atoms with van der Waals surface area (Å²) in [5.41, 5.74) is 0. The van der Waals surface area contributed by atoms with E-state index in [1.807, 2.05) is 6.26 Å². The summed E-state index contributed by atoms with van der Waals surface area (Å²) in [6.07, 6.45) is 1.85. The maximum absolute atomic E-state index is 10.8. The monoisotopic (exact) mass is 222 g/mol. The molecule has 0 aliphatic rings. The molecule has 0 spiro atoms. The molecule has 0 heterocycles. The maximum atomic E-state index is 10.8. The van der Waals surface area contributed by atoms with Crippen LogP contribution in [-0.2, 0) is 11.1 Å². The van der Waals surface area contributed by atoms with Gasteiger partial charge in [0.05, 0.1) is 4.90 Å². The van der Waals surface area contributed by atoms with Crippen molar-refractivity contribution >= 4 is 34.4 Å². The Morgan fingerprint density at radius 1 is 1.58 bits per heavy atom. The molecule has 0 saturated carbocycles. The molecule has 0 saturated heterocycles. The molecule has 5 heteroatoms. The molecule has 0 aliphatic carbocycles. The van der Waals surface area contributed by atoms with Crippen molar-refractivity contribution in [3.8, 4) is 0 Å². The number of benzene rings is 1. The summed E-state index contributed by atoms with van der Waals surface area (Å²) in [7, 11) is 0. The Labute approximate surface area is 82.6 Å². The van der Waals surface area contributed by atoms with E-state index in [4.69, 9.17) is 16.2 Å². The fourth-order valence-electron chi connectivity index (χ4n) is 0.787. The van der Waals surface area contributed by atoms with Gasteiger partial charge in [-0.15, -0.1) is 11.8 Å². The minimum atomic E-state index is -1.96. The molecule has 0 bridgehead atoms. The van der Waals surface area contributed by atoms with Gasteiger partial charge in [0.1, 0.15) is 0 Å². The van der Waals surface area contributed by atoms with Crippen LogP contribution in [0.1, 0.15) is 0 Å². The van der Waals surface area contributed by atoms with Crippen LogP contribution in [0.15, 0.2) is 28.0 Å². The lowest BCUT2D eigenvalue weighted by atomic mass is 10.4. The van der Waals surface area contributed by atoms with Crippen molar-refractivity contribution in [2.75, 3.05) is 6.26 Å². The second kappa shape index (κ2) is 4.28. The summed E-state index contributed by atoms with van der Waals surface area (Å²) in [5.74, 6) is 0. The number of thioether (sulfide) groups is 1. The average molecular weight is 223 g/mol. The Morgan fingerprint density at radius 2 is 2.25 bits per heavy atom. The predicted octanol–water partition coefficient (Wildman–Crippen LogP) is 2.64. The van der Waals surface area contributed by atoms with E-state index in [2.05, 4.69) is 0 Å². The minimum Gasteiger partial charge on any atom is -0.302 e. The van der Waals surface area contributed by atoms with Gasteiger partial charge in [0, 0.05) is 9.92 Å². The van der Waals surface area contributed by atoms with E-state index in [0.717, 1.165) is 4.90 Å². The van der Waals surface area contributed by atoms with E-state index in [1.54, 1.807) is 12.1 Å². The highest BCUT2D eigenvalue weighted by atomic mass is 35.5. The van der Waals surface area contributed by atoms with Gasteiger partial charge in [-0.25, -0.2) is 4.21 Å². The van der Waals surface area contributed by atoms with Crippen molar-refractivity contribution in [1.82, 2.24) is 0 Å². The van der Waals surface area contributed by atoms with Crippen LogP contribution < -0.4 is 0 Å². The molecule has 1 aromatic rings. The SMILES string of the molecule is CSc1ccc(Cl)cc1S(=O)O. The van der Waals surface area contributed by atoms with Crippen LogP contribution >= 0.6 is 23.4 Å². The van der Waals surface area contributed by atoms with Gasteiger partial charge in [0.25, 0.3) is 0 Å². The molecule has 1 unspecified atom stereocenters. The van der Waals surface area contributed by atoms with Crippen molar-refractivity contribution in [3.63, 3.8) is 0 Å². The molecule has 0 amide bonds. The molecule has 0 aliphatic heterocycles. The van der Waals surface area contributed by atoms with Gasteiger partial charge >= 0.3 is 0 Å². The molecule has 1 N–H and O–H groups in total. The molecular weight excluding hydrogens is 216 g/mol. The first-order valence-electron chi connectivity index (χ1n) is 3.09. The van der Waals surface area contributed by atoms with E-state index >= 15 is 0 Å². The predicted molar refractivity (Wildman–Crippen MR) is 52.3 cm³/mol. The molecule has 1 rings (SSSR count). The van der Waals surface area contributed by atoms with Gasteiger partial charge in [0.2, 0.25) is 0 Å². The minimum absolute atomic E-state index is 0.370.